The van der Waals surface area contributed by atoms with E-state index in [1.54, 1.807) is 0 Å². The van der Waals surface area contributed by atoms with Crippen LogP contribution < -0.4 is 10.6 Å². The molecule has 3 rings (SSSR count). The van der Waals surface area contributed by atoms with Crippen molar-refractivity contribution in [1.29, 1.82) is 0 Å². The maximum Gasteiger partial charge on any atom is 0.251 e. The van der Waals surface area contributed by atoms with Crippen molar-refractivity contribution in [1.82, 2.24) is 5.32 Å². The van der Waals surface area contributed by atoms with E-state index < -0.39 is 5.60 Å². The number of anilines is 1. The van der Waals surface area contributed by atoms with Crippen LogP contribution in [0, 0.1) is 0 Å². The van der Waals surface area contributed by atoms with Crippen molar-refractivity contribution in [2.24, 2.45) is 0 Å². The number of benzene rings is 1. The van der Waals surface area contributed by atoms with Gasteiger partial charge in [-0.15, -0.1) is 0 Å². The summed E-state index contributed by atoms with van der Waals surface area (Å²) in [7, 11) is 0. The Kier molecular flexibility index (Phi) is 3.66. The topological polar surface area (TPSA) is 50.4 Å². The van der Waals surface area contributed by atoms with Crippen LogP contribution in [-0.2, 0) is 9.53 Å². The SMILES string of the molecule is CC1(C(=O)NCCC2CNc3ccccc32)CCCO1. The third kappa shape index (κ3) is 2.52. The van der Waals surface area contributed by atoms with Crippen molar-refractivity contribution in [3.05, 3.63) is 29.8 Å². The van der Waals surface area contributed by atoms with Crippen molar-refractivity contribution < 1.29 is 9.53 Å². The first-order valence-electron chi connectivity index (χ1n) is 7.44. The summed E-state index contributed by atoms with van der Waals surface area (Å²) >= 11 is 0. The predicted molar refractivity (Wildman–Crippen MR) is 78.9 cm³/mol. The number of amides is 1. The normalized spacial score (nSPS) is 27.9. The Morgan fingerprint density at radius 1 is 1.50 bits per heavy atom. The molecule has 20 heavy (non-hydrogen) atoms. The molecule has 1 saturated heterocycles. The van der Waals surface area contributed by atoms with Crippen LogP contribution in [0.1, 0.15) is 37.7 Å². The van der Waals surface area contributed by atoms with Gasteiger partial charge >= 0.3 is 0 Å². The zero-order valence-corrected chi connectivity index (χ0v) is 11.9. The second kappa shape index (κ2) is 5.44. The molecule has 0 aromatic heterocycles. The molecule has 0 aliphatic carbocycles. The largest absolute Gasteiger partial charge is 0.384 e. The van der Waals surface area contributed by atoms with Crippen molar-refractivity contribution in [2.45, 2.75) is 37.7 Å². The van der Waals surface area contributed by atoms with Gasteiger partial charge in [-0.3, -0.25) is 4.79 Å². The van der Waals surface area contributed by atoms with E-state index in [0.29, 0.717) is 19.1 Å². The summed E-state index contributed by atoms with van der Waals surface area (Å²) in [5, 5.41) is 6.44. The van der Waals surface area contributed by atoms with Crippen LogP contribution in [-0.4, -0.2) is 31.2 Å². The lowest BCUT2D eigenvalue weighted by molar-refractivity contribution is -0.139. The fourth-order valence-corrected chi connectivity index (χ4v) is 3.12. The molecular weight excluding hydrogens is 252 g/mol. The van der Waals surface area contributed by atoms with Gasteiger partial charge < -0.3 is 15.4 Å². The number of ether oxygens (including phenoxy) is 1. The van der Waals surface area contributed by atoms with E-state index in [2.05, 4.69) is 28.8 Å². The average molecular weight is 274 g/mol. The molecule has 0 bridgehead atoms. The van der Waals surface area contributed by atoms with Gasteiger partial charge in [-0.25, -0.2) is 0 Å². The molecular formula is C16H22N2O2. The summed E-state index contributed by atoms with van der Waals surface area (Å²) in [5.74, 6) is 0.526. The highest BCUT2D eigenvalue weighted by Gasteiger charge is 2.37. The Balaban J connectivity index is 1.50. The van der Waals surface area contributed by atoms with Crippen molar-refractivity contribution in [2.75, 3.05) is 25.0 Å². The van der Waals surface area contributed by atoms with E-state index in [-0.39, 0.29) is 5.91 Å². The highest BCUT2D eigenvalue weighted by molar-refractivity contribution is 5.85. The Morgan fingerprint density at radius 2 is 2.35 bits per heavy atom. The van der Waals surface area contributed by atoms with Gasteiger partial charge in [-0.2, -0.15) is 0 Å². The molecule has 2 aliphatic heterocycles. The number of fused-ring (bicyclic) bond motifs is 1. The average Bonchev–Trinajstić information content (AvgIpc) is 3.07. The van der Waals surface area contributed by atoms with Crippen LogP contribution >= 0.6 is 0 Å². The van der Waals surface area contributed by atoms with Gasteiger partial charge in [0.05, 0.1) is 0 Å². The monoisotopic (exact) mass is 274 g/mol. The Morgan fingerprint density at radius 3 is 3.15 bits per heavy atom. The number of carbonyl (C=O) groups excluding carboxylic acids is 1. The number of nitrogens with one attached hydrogen (secondary N) is 2. The summed E-state index contributed by atoms with van der Waals surface area (Å²) in [6.07, 6.45) is 2.77. The van der Waals surface area contributed by atoms with E-state index in [9.17, 15) is 4.79 Å². The van der Waals surface area contributed by atoms with Gasteiger partial charge in [0, 0.05) is 31.3 Å². The molecule has 2 atom stereocenters. The van der Waals surface area contributed by atoms with E-state index in [0.717, 1.165) is 25.8 Å². The lowest BCUT2D eigenvalue weighted by Gasteiger charge is -2.22. The maximum atomic E-state index is 12.1. The van der Waals surface area contributed by atoms with Crippen molar-refractivity contribution in [3.8, 4) is 0 Å². The molecule has 2 heterocycles. The minimum Gasteiger partial charge on any atom is -0.384 e. The molecule has 1 aromatic carbocycles. The van der Waals surface area contributed by atoms with E-state index in [1.807, 2.05) is 13.0 Å². The minimum atomic E-state index is -0.605. The second-order valence-electron chi connectivity index (χ2n) is 5.89. The fraction of sp³-hybridized carbons (Fsp3) is 0.562. The summed E-state index contributed by atoms with van der Waals surface area (Å²) in [6, 6.07) is 8.41. The quantitative estimate of drug-likeness (QED) is 0.885. The lowest BCUT2D eigenvalue weighted by Crippen LogP contribution is -2.44. The Bertz CT molecular complexity index is 495. The third-order valence-corrected chi connectivity index (χ3v) is 4.42. The molecule has 4 nitrogen and oxygen atoms in total. The molecule has 108 valence electrons. The molecule has 0 spiro atoms. The van der Waals surface area contributed by atoms with E-state index in [1.165, 1.54) is 11.3 Å². The van der Waals surface area contributed by atoms with Crippen molar-refractivity contribution >= 4 is 11.6 Å². The predicted octanol–water partition coefficient (Wildman–Crippen LogP) is 2.27. The summed E-state index contributed by atoms with van der Waals surface area (Å²) in [5.41, 5.74) is 1.99. The summed E-state index contributed by atoms with van der Waals surface area (Å²) in [4.78, 5) is 12.1. The molecule has 1 fully saturated rings. The number of carbonyl (C=O) groups is 1. The molecule has 1 aromatic rings. The van der Waals surface area contributed by atoms with Crippen LogP contribution in [0.3, 0.4) is 0 Å². The van der Waals surface area contributed by atoms with Crippen molar-refractivity contribution in [3.63, 3.8) is 0 Å². The first kappa shape index (κ1) is 13.4. The van der Waals surface area contributed by atoms with Gasteiger partial charge in [0.25, 0.3) is 5.91 Å². The number of rotatable bonds is 4. The summed E-state index contributed by atoms with van der Waals surface area (Å²) < 4.78 is 5.56. The molecule has 1 amide bonds. The minimum absolute atomic E-state index is 0.0363. The van der Waals surface area contributed by atoms with Gasteiger partial charge in [0.1, 0.15) is 5.60 Å². The highest BCUT2D eigenvalue weighted by Crippen LogP contribution is 2.33. The Hall–Kier alpha value is -1.55. The highest BCUT2D eigenvalue weighted by atomic mass is 16.5. The first-order valence-corrected chi connectivity index (χ1v) is 7.44. The zero-order valence-electron chi connectivity index (χ0n) is 11.9. The standard InChI is InChI=1S/C16H22N2O2/c1-16(8-4-10-20-16)15(19)17-9-7-12-11-18-14-6-3-2-5-13(12)14/h2-3,5-6,12,18H,4,7-11H2,1H3,(H,17,19). The third-order valence-electron chi connectivity index (χ3n) is 4.42. The number of hydrogen-bond donors (Lipinski definition) is 2. The molecule has 2 aliphatic rings. The van der Waals surface area contributed by atoms with Crippen LogP contribution in [0.5, 0.6) is 0 Å². The maximum absolute atomic E-state index is 12.1. The Labute approximate surface area is 119 Å². The van der Waals surface area contributed by atoms with Crippen LogP contribution in [0.4, 0.5) is 5.69 Å². The van der Waals surface area contributed by atoms with Crippen LogP contribution in [0.15, 0.2) is 24.3 Å². The molecule has 0 saturated carbocycles. The molecule has 0 radical (unpaired) electrons. The molecule has 2 N–H and O–H groups in total. The lowest BCUT2D eigenvalue weighted by atomic mass is 9.97. The zero-order chi connectivity index (χ0) is 14.0. The number of para-hydroxylation sites is 1. The van der Waals surface area contributed by atoms with Crippen LogP contribution in [0.25, 0.3) is 0 Å². The smallest absolute Gasteiger partial charge is 0.251 e. The van der Waals surface area contributed by atoms with Crippen LogP contribution in [0.2, 0.25) is 0 Å². The van der Waals surface area contributed by atoms with Gasteiger partial charge in [0.2, 0.25) is 0 Å². The molecule has 2 unspecified atom stereocenters. The van der Waals surface area contributed by atoms with Gasteiger partial charge in [0.15, 0.2) is 0 Å². The van der Waals surface area contributed by atoms with Gasteiger partial charge in [-0.05, 0) is 37.8 Å². The summed E-state index contributed by atoms with van der Waals surface area (Å²) in [6.45, 7) is 4.26. The van der Waals surface area contributed by atoms with E-state index in [4.69, 9.17) is 4.74 Å². The fourth-order valence-electron chi connectivity index (χ4n) is 3.12. The second-order valence-corrected chi connectivity index (χ2v) is 5.89. The molecule has 4 heteroatoms. The van der Waals surface area contributed by atoms with Gasteiger partial charge in [-0.1, -0.05) is 18.2 Å². The van der Waals surface area contributed by atoms with E-state index >= 15 is 0 Å². The first-order chi connectivity index (χ1) is 9.69. The number of hydrogen-bond acceptors (Lipinski definition) is 3.